The van der Waals surface area contributed by atoms with Crippen LogP contribution >= 0.6 is 45.3 Å². The van der Waals surface area contributed by atoms with E-state index in [0.29, 0.717) is 0 Å². The van der Waals surface area contributed by atoms with Crippen LogP contribution in [0.4, 0.5) is 0 Å². The Balaban J connectivity index is 1.24. The van der Waals surface area contributed by atoms with Gasteiger partial charge in [-0.2, -0.15) is 0 Å². The quantitative estimate of drug-likeness (QED) is 0.0795. The molecule has 4 heterocycles. The minimum Gasteiger partial charge on any atom is -0.139 e. The van der Waals surface area contributed by atoms with Gasteiger partial charge in [-0.15, -0.1) is 45.3 Å². The van der Waals surface area contributed by atoms with Crippen molar-refractivity contribution in [2.24, 2.45) is 0 Å². The highest BCUT2D eigenvalue weighted by atomic mass is 32.1. The smallest absolute Gasteiger partial charge is 0.0449 e. The molecule has 3 aromatic carbocycles. The molecule has 0 N–H and O–H groups in total. The van der Waals surface area contributed by atoms with Gasteiger partial charge in [0.1, 0.15) is 0 Å². The Morgan fingerprint density at radius 1 is 0.348 bits per heavy atom. The molecule has 0 saturated carbocycles. The van der Waals surface area contributed by atoms with E-state index in [1.165, 1.54) is 136 Å². The molecule has 0 fully saturated rings. The summed E-state index contributed by atoms with van der Waals surface area (Å²) < 4.78 is 0. The van der Waals surface area contributed by atoms with Gasteiger partial charge in [0.15, 0.2) is 0 Å². The lowest BCUT2D eigenvalue weighted by molar-refractivity contribution is 0.670. The zero-order valence-corrected chi connectivity index (χ0v) is 30.2. The average molecular weight is 675 g/mol. The molecule has 4 aromatic heterocycles. The molecule has 0 saturated heterocycles. The largest absolute Gasteiger partial charge is 0.139 e. The number of hydrogen-bond donors (Lipinski definition) is 0. The Morgan fingerprint density at radius 3 is 1.09 bits per heavy atom. The number of aryl methyl sites for hydroxylation is 2. The van der Waals surface area contributed by atoms with E-state index < -0.39 is 0 Å². The Kier molecular flexibility index (Phi) is 10.2. The second kappa shape index (κ2) is 14.8. The van der Waals surface area contributed by atoms with Crippen molar-refractivity contribution in [3.8, 4) is 40.4 Å². The summed E-state index contributed by atoms with van der Waals surface area (Å²) in [5, 5.41) is 5.36. The Hall–Kier alpha value is -3.02. The number of fused-ring (bicyclic) bond motifs is 2. The van der Waals surface area contributed by atoms with Crippen molar-refractivity contribution in [2.45, 2.75) is 78.1 Å². The molecule has 0 nitrogen and oxygen atoms in total. The van der Waals surface area contributed by atoms with Crippen LogP contribution in [0.5, 0.6) is 0 Å². The molecule has 7 aromatic rings. The summed E-state index contributed by atoms with van der Waals surface area (Å²) in [5.74, 6) is 0. The molecule has 0 unspecified atom stereocenters. The van der Waals surface area contributed by atoms with Gasteiger partial charge in [-0.1, -0.05) is 101 Å². The van der Waals surface area contributed by atoms with Gasteiger partial charge in [0.2, 0.25) is 0 Å². The first-order chi connectivity index (χ1) is 22.7. The Labute approximate surface area is 290 Å². The van der Waals surface area contributed by atoms with Crippen molar-refractivity contribution in [2.75, 3.05) is 0 Å². The summed E-state index contributed by atoms with van der Waals surface area (Å²) >= 11 is 7.84. The highest BCUT2D eigenvalue weighted by Gasteiger charge is 2.19. The third-order valence-electron chi connectivity index (χ3n) is 9.00. The fourth-order valence-corrected chi connectivity index (χ4v) is 11.0. The first kappa shape index (κ1) is 31.6. The van der Waals surface area contributed by atoms with Crippen LogP contribution in [-0.2, 0) is 12.8 Å². The van der Waals surface area contributed by atoms with Crippen LogP contribution in [0, 0.1) is 0 Å². The summed E-state index contributed by atoms with van der Waals surface area (Å²) in [7, 11) is 0. The minimum atomic E-state index is 1.21. The maximum Gasteiger partial charge on any atom is 0.0449 e. The molecule has 7 rings (SSSR count). The van der Waals surface area contributed by atoms with E-state index in [1.54, 1.807) is 0 Å². The molecule has 0 bridgehead atoms. The van der Waals surface area contributed by atoms with E-state index in [1.807, 2.05) is 45.3 Å². The number of thiophene rings is 4. The van der Waals surface area contributed by atoms with Crippen molar-refractivity contribution in [1.82, 2.24) is 0 Å². The third kappa shape index (κ3) is 6.69. The maximum absolute atomic E-state index is 2.36. The van der Waals surface area contributed by atoms with E-state index in [-0.39, 0.29) is 0 Å². The molecule has 46 heavy (non-hydrogen) atoms. The predicted octanol–water partition coefficient (Wildman–Crippen LogP) is 15.2. The van der Waals surface area contributed by atoms with Crippen molar-refractivity contribution in [3.05, 3.63) is 107 Å². The highest BCUT2D eigenvalue weighted by Crippen LogP contribution is 2.49. The van der Waals surface area contributed by atoms with Crippen LogP contribution in [0.2, 0.25) is 0 Å². The zero-order valence-electron chi connectivity index (χ0n) is 26.9. The molecule has 4 heteroatoms. The van der Waals surface area contributed by atoms with Gasteiger partial charge >= 0.3 is 0 Å². The lowest BCUT2D eigenvalue weighted by Gasteiger charge is -2.15. The van der Waals surface area contributed by atoms with E-state index in [9.17, 15) is 0 Å². The van der Waals surface area contributed by atoms with Crippen LogP contribution in [0.15, 0.2) is 97.1 Å². The summed E-state index contributed by atoms with van der Waals surface area (Å²) in [6.45, 7) is 4.57. The number of hydrogen-bond acceptors (Lipinski definition) is 4. The van der Waals surface area contributed by atoms with Crippen LogP contribution < -0.4 is 0 Å². The fourth-order valence-electron chi connectivity index (χ4n) is 6.61. The molecule has 0 atom stereocenters. The standard InChI is InChI=1S/C42H42S4/c1-3-5-7-9-15-29-21-23-35(43-29)37-25-27-39(45-37)41-31-17-11-13-19-33(31)42(34-20-14-12-18-32(34)41)40-28-26-38(46-40)36-24-22-30(44-36)16-10-8-6-4-2/h11-14,17-28H,3-10,15-16H2,1-2H3. The first-order valence-corrected chi connectivity index (χ1v) is 20.3. The fraction of sp³-hybridized carbons (Fsp3) is 0.286. The van der Waals surface area contributed by atoms with Crippen LogP contribution in [0.25, 0.3) is 61.9 Å². The van der Waals surface area contributed by atoms with Crippen molar-refractivity contribution >= 4 is 66.9 Å². The van der Waals surface area contributed by atoms with Gasteiger partial charge in [0.05, 0.1) is 0 Å². The number of unbranched alkanes of at least 4 members (excludes halogenated alkanes) is 6. The normalized spacial score (nSPS) is 11.7. The van der Waals surface area contributed by atoms with Crippen molar-refractivity contribution in [3.63, 3.8) is 0 Å². The topological polar surface area (TPSA) is 0 Å². The molecule has 234 valence electrons. The van der Waals surface area contributed by atoms with Gasteiger partial charge in [-0.05, 0) is 95.8 Å². The van der Waals surface area contributed by atoms with Crippen LogP contribution in [0.1, 0.15) is 75.0 Å². The van der Waals surface area contributed by atoms with Gasteiger partial charge in [-0.3, -0.25) is 0 Å². The van der Waals surface area contributed by atoms with Crippen molar-refractivity contribution < 1.29 is 0 Å². The second-order valence-corrected chi connectivity index (χ2v) is 16.8. The Bertz CT molecular complexity index is 1840. The SMILES string of the molecule is CCCCCCc1ccc(-c2ccc(-c3c4ccccc4c(-c4ccc(-c5ccc(CCCCCC)s5)s4)c4ccccc34)s2)s1. The monoisotopic (exact) mass is 674 g/mol. The van der Waals surface area contributed by atoms with Crippen LogP contribution in [-0.4, -0.2) is 0 Å². The first-order valence-electron chi connectivity index (χ1n) is 17.1. The second-order valence-electron chi connectivity index (χ2n) is 12.3. The summed E-state index contributed by atoms with van der Waals surface area (Å²) in [6.07, 6.45) is 13.0. The molecule has 0 radical (unpaired) electrons. The number of benzene rings is 3. The molecule has 0 aliphatic heterocycles. The van der Waals surface area contributed by atoms with Gasteiger partial charge in [-0.25, -0.2) is 0 Å². The predicted molar refractivity (Wildman–Crippen MR) is 210 cm³/mol. The summed E-state index contributed by atoms with van der Waals surface area (Å²) in [4.78, 5) is 11.3. The average Bonchev–Trinajstić information content (AvgIpc) is 3.91. The summed E-state index contributed by atoms with van der Waals surface area (Å²) in [5.41, 5.74) is 2.73. The zero-order chi connectivity index (χ0) is 31.3. The van der Waals surface area contributed by atoms with Gasteiger partial charge < -0.3 is 0 Å². The van der Waals surface area contributed by atoms with Crippen LogP contribution in [0.3, 0.4) is 0 Å². The van der Waals surface area contributed by atoms with E-state index in [4.69, 9.17) is 0 Å². The van der Waals surface area contributed by atoms with Gasteiger partial charge in [0, 0.05) is 50.1 Å². The molecular weight excluding hydrogens is 633 g/mol. The molecule has 0 aliphatic rings. The van der Waals surface area contributed by atoms with E-state index in [0.717, 1.165) is 0 Å². The maximum atomic E-state index is 2.36. The van der Waals surface area contributed by atoms with E-state index >= 15 is 0 Å². The molecule has 0 amide bonds. The third-order valence-corrected chi connectivity index (χ3v) is 13.9. The Morgan fingerprint density at radius 2 is 0.696 bits per heavy atom. The van der Waals surface area contributed by atoms with Crippen molar-refractivity contribution in [1.29, 1.82) is 0 Å². The molecular formula is C42H42S4. The molecule has 0 spiro atoms. The highest BCUT2D eigenvalue weighted by molar-refractivity contribution is 7.24. The van der Waals surface area contributed by atoms with E-state index in [2.05, 4.69) is 111 Å². The number of rotatable bonds is 14. The van der Waals surface area contributed by atoms with Gasteiger partial charge in [0.25, 0.3) is 0 Å². The lowest BCUT2D eigenvalue weighted by Crippen LogP contribution is -1.87. The molecule has 0 aliphatic carbocycles. The summed E-state index contributed by atoms with van der Waals surface area (Å²) in [6, 6.07) is 36.9. The lowest BCUT2D eigenvalue weighted by atomic mass is 9.90. The minimum absolute atomic E-state index is 1.21.